The van der Waals surface area contributed by atoms with Crippen molar-refractivity contribution in [3.05, 3.63) is 11.9 Å². The zero-order valence-electron chi connectivity index (χ0n) is 11.8. The summed E-state index contributed by atoms with van der Waals surface area (Å²) < 4.78 is 0. The van der Waals surface area contributed by atoms with E-state index in [0.717, 1.165) is 36.7 Å². The second kappa shape index (κ2) is 5.35. The fraction of sp³-hybridized carbons (Fsp3) is 0.733. The van der Waals surface area contributed by atoms with E-state index in [1.165, 1.54) is 32.1 Å². The second-order valence-electron chi connectivity index (χ2n) is 5.91. The van der Waals surface area contributed by atoms with Crippen LogP contribution >= 0.6 is 0 Å². The zero-order valence-corrected chi connectivity index (χ0v) is 11.8. The minimum absolute atomic E-state index is 0.673. The molecule has 19 heavy (non-hydrogen) atoms. The molecule has 0 spiro atoms. The first-order chi connectivity index (χ1) is 9.31. The smallest absolute Gasteiger partial charge is 0.137 e. The Bertz CT molecular complexity index is 446. The van der Waals surface area contributed by atoms with Crippen LogP contribution in [0.4, 0.5) is 11.6 Å². The molecule has 1 saturated carbocycles. The molecule has 2 fully saturated rings. The lowest BCUT2D eigenvalue weighted by Crippen LogP contribution is -2.43. The maximum Gasteiger partial charge on any atom is 0.137 e. The number of fused-ring (bicyclic) bond motifs is 1. The normalized spacial score (nSPS) is 26.5. The van der Waals surface area contributed by atoms with E-state index in [2.05, 4.69) is 21.8 Å². The lowest BCUT2D eigenvalue weighted by atomic mass is 9.91. The average Bonchev–Trinajstić information content (AvgIpc) is 2.89. The van der Waals surface area contributed by atoms with Gasteiger partial charge in [0.05, 0.1) is 0 Å². The number of nitrogens with two attached hydrogens (primary N) is 1. The molecule has 4 heteroatoms. The van der Waals surface area contributed by atoms with Crippen molar-refractivity contribution in [3.8, 4) is 0 Å². The summed E-state index contributed by atoms with van der Waals surface area (Å²) in [5, 5.41) is 0. The number of anilines is 2. The summed E-state index contributed by atoms with van der Waals surface area (Å²) in [5.74, 6) is 2.66. The van der Waals surface area contributed by atoms with Crippen LogP contribution in [0, 0.1) is 5.92 Å². The molecule has 2 aliphatic rings. The third kappa shape index (κ3) is 2.28. The van der Waals surface area contributed by atoms with Gasteiger partial charge in [0.25, 0.3) is 0 Å². The highest BCUT2D eigenvalue weighted by Crippen LogP contribution is 2.40. The Balaban J connectivity index is 1.94. The Hall–Kier alpha value is -1.32. The highest BCUT2D eigenvalue weighted by Gasteiger charge is 2.36. The van der Waals surface area contributed by atoms with Gasteiger partial charge in [-0.05, 0) is 38.0 Å². The minimum Gasteiger partial charge on any atom is -0.383 e. The molecule has 0 bridgehead atoms. The van der Waals surface area contributed by atoms with Gasteiger partial charge in [-0.2, -0.15) is 0 Å². The van der Waals surface area contributed by atoms with Gasteiger partial charge < -0.3 is 10.6 Å². The number of nitrogen functional groups attached to an aromatic ring is 1. The van der Waals surface area contributed by atoms with Crippen molar-refractivity contribution in [2.75, 3.05) is 17.2 Å². The van der Waals surface area contributed by atoms with Crippen LogP contribution in [0.5, 0.6) is 0 Å². The van der Waals surface area contributed by atoms with Crippen molar-refractivity contribution < 1.29 is 0 Å². The van der Waals surface area contributed by atoms with Crippen LogP contribution in [0.2, 0.25) is 0 Å². The molecule has 104 valence electrons. The molecule has 2 heterocycles. The molecule has 1 saturated heterocycles. The van der Waals surface area contributed by atoms with Gasteiger partial charge in [-0.15, -0.1) is 0 Å². The van der Waals surface area contributed by atoms with Crippen LogP contribution in [-0.2, 0) is 6.42 Å². The predicted octanol–water partition coefficient (Wildman–Crippen LogP) is 2.78. The molecule has 0 radical (unpaired) electrons. The fourth-order valence-corrected chi connectivity index (χ4v) is 3.87. The van der Waals surface area contributed by atoms with Crippen LogP contribution in [-0.4, -0.2) is 22.6 Å². The Morgan fingerprint density at radius 3 is 2.95 bits per heavy atom. The van der Waals surface area contributed by atoms with E-state index >= 15 is 0 Å². The Morgan fingerprint density at radius 1 is 1.26 bits per heavy atom. The SMILES string of the molecule is CCCc1c(N)ncnc1N1CCCC2CCCC21. The zero-order chi connectivity index (χ0) is 13.2. The van der Waals surface area contributed by atoms with Crippen LogP contribution in [0.25, 0.3) is 0 Å². The number of rotatable bonds is 3. The number of hydrogen-bond donors (Lipinski definition) is 1. The van der Waals surface area contributed by atoms with E-state index in [0.29, 0.717) is 11.9 Å². The van der Waals surface area contributed by atoms with Crippen molar-refractivity contribution >= 4 is 11.6 Å². The molecule has 3 rings (SSSR count). The van der Waals surface area contributed by atoms with Gasteiger partial charge in [0.15, 0.2) is 0 Å². The van der Waals surface area contributed by atoms with E-state index in [1.807, 2.05) is 0 Å². The third-order valence-corrected chi connectivity index (χ3v) is 4.72. The molecule has 2 atom stereocenters. The third-order valence-electron chi connectivity index (χ3n) is 4.72. The van der Waals surface area contributed by atoms with Crippen molar-refractivity contribution in [3.63, 3.8) is 0 Å². The van der Waals surface area contributed by atoms with Crippen LogP contribution in [0.15, 0.2) is 6.33 Å². The first kappa shape index (κ1) is 12.7. The molecule has 0 aromatic carbocycles. The summed E-state index contributed by atoms with van der Waals surface area (Å²) in [4.78, 5) is 11.3. The molecule has 2 unspecified atom stereocenters. The quantitative estimate of drug-likeness (QED) is 0.908. The summed E-state index contributed by atoms with van der Waals surface area (Å²) in [6, 6.07) is 0.693. The summed E-state index contributed by atoms with van der Waals surface area (Å²) >= 11 is 0. The molecule has 1 aliphatic heterocycles. The van der Waals surface area contributed by atoms with Crippen molar-refractivity contribution in [1.82, 2.24) is 9.97 Å². The topological polar surface area (TPSA) is 55.0 Å². The molecular formula is C15H24N4. The highest BCUT2D eigenvalue weighted by molar-refractivity contribution is 5.57. The molecule has 1 aromatic rings. The summed E-state index contributed by atoms with van der Waals surface area (Å²) in [5.41, 5.74) is 7.24. The fourth-order valence-electron chi connectivity index (χ4n) is 3.87. The maximum atomic E-state index is 6.07. The van der Waals surface area contributed by atoms with E-state index in [4.69, 9.17) is 5.73 Å². The monoisotopic (exact) mass is 260 g/mol. The maximum absolute atomic E-state index is 6.07. The number of nitrogens with zero attached hydrogens (tertiary/aromatic N) is 3. The van der Waals surface area contributed by atoms with Gasteiger partial charge in [-0.25, -0.2) is 9.97 Å². The van der Waals surface area contributed by atoms with E-state index in [9.17, 15) is 0 Å². The largest absolute Gasteiger partial charge is 0.383 e. The van der Waals surface area contributed by atoms with E-state index < -0.39 is 0 Å². The Kier molecular flexibility index (Phi) is 3.58. The Labute approximate surface area is 115 Å². The van der Waals surface area contributed by atoms with Gasteiger partial charge >= 0.3 is 0 Å². The van der Waals surface area contributed by atoms with Crippen LogP contribution < -0.4 is 10.6 Å². The number of aromatic nitrogens is 2. The van der Waals surface area contributed by atoms with Gasteiger partial charge in [0, 0.05) is 18.2 Å². The van der Waals surface area contributed by atoms with Crippen LogP contribution in [0.3, 0.4) is 0 Å². The molecule has 0 amide bonds. The summed E-state index contributed by atoms with van der Waals surface area (Å²) in [7, 11) is 0. The van der Waals surface area contributed by atoms with Crippen LogP contribution in [0.1, 0.15) is 51.0 Å². The first-order valence-electron chi connectivity index (χ1n) is 7.67. The molecular weight excluding hydrogens is 236 g/mol. The van der Waals surface area contributed by atoms with Crippen molar-refractivity contribution in [1.29, 1.82) is 0 Å². The molecule has 4 nitrogen and oxygen atoms in total. The molecule has 1 aliphatic carbocycles. The first-order valence-corrected chi connectivity index (χ1v) is 7.67. The van der Waals surface area contributed by atoms with Crippen molar-refractivity contribution in [2.45, 2.75) is 57.9 Å². The second-order valence-corrected chi connectivity index (χ2v) is 5.91. The van der Waals surface area contributed by atoms with E-state index in [1.54, 1.807) is 6.33 Å². The summed E-state index contributed by atoms with van der Waals surface area (Å²) in [6.07, 6.45) is 10.5. The lowest BCUT2D eigenvalue weighted by molar-refractivity contribution is 0.360. The number of hydrogen-bond acceptors (Lipinski definition) is 4. The standard InChI is InChI=1S/C15H24N4/c1-2-5-12-14(16)17-10-18-15(12)19-9-4-7-11-6-3-8-13(11)19/h10-11,13H,2-9H2,1H3,(H2,16,17,18). The average molecular weight is 260 g/mol. The Morgan fingerprint density at radius 2 is 2.11 bits per heavy atom. The van der Waals surface area contributed by atoms with Crippen molar-refractivity contribution in [2.24, 2.45) is 5.92 Å². The number of piperidine rings is 1. The van der Waals surface area contributed by atoms with Gasteiger partial charge in [-0.3, -0.25) is 0 Å². The highest BCUT2D eigenvalue weighted by atomic mass is 15.2. The summed E-state index contributed by atoms with van der Waals surface area (Å²) in [6.45, 7) is 3.32. The molecule has 2 N–H and O–H groups in total. The predicted molar refractivity (Wildman–Crippen MR) is 78.1 cm³/mol. The molecule has 1 aromatic heterocycles. The van der Waals surface area contributed by atoms with E-state index in [-0.39, 0.29) is 0 Å². The minimum atomic E-state index is 0.673. The van der Waals surface area contributed by atoms with Gasteiger partial charge in [-0.1, -0.05) is 19.8 Å². The lowest BCUT2D eigenvalue weighted by Gasteiger charge is -2.39. The van der Waals surface area contributed by atoms with Gasteiger partial charge in [0.1, 0.15) is 18.0 Å². The van der Waals surface area contributed by atoms with Gasteiger partial charge in [0.2, 0.25) is 0 Å².